The van der Waals surface area contributed by atoms with Gasteiger partial charge in [0.05, 0.1) is 12.0 Å². The van der Waals surface area contributed by atoms with Crippen molar-refractivity contribution in [2.45, 2.75) is 27.3 Å². The van der Waals surface area contributed by atoms with Crippen LogP contribution < -0.4 is 15.6 Å². The zero-order chi connectivity index (χ0) is 24.2. The predicted molar refractivity (Wildman–Crippen MR) is 131 cm³/mol. The van der Waals surface area contributed by atoms with Gasteiger partial charge < -0.3 is 14.8 Å². The van der Waals surface area contributed by atoms with Gasteiger partial charge in [-0.2, -0.15) is 0 Å². The van der Waals surface area contributed by atoms with Crippen LogP contribution in [-0.4, -0.2) is 28.0 Å². The van der Waals surface area contributed by atoms with E-state index in [2.05, 4.69) is 10.3 Å². The Morgan fingerprint density at radius 3 is 2.38 bits per heavy atom. The number of rotatable bonds is 7. The largest absolute Gasteiger partial charge is 0.462 e. The maximum Gasteiger partial charge on any atom is 0.348 e. The molecule has 0 aliphatic rings. The average Bonchev–Trinajstić information content (AvgIpc) is 3.15. The highest BCUT2D eigenvalue weighted by atomic mass is 32.1. The van der Waals surface area contributed by atoms with E-state index >= 15 is 0 Å². The lowest BCUT2D eigenvalue weighted by Crippen LogP contribution is -2.30. The normalized spacial score (nSPS) is 10.8. The number of benzene rings is 2. The summed E-state index contributed by atoms with van der Waals surface area (Å²) in [6.07, 6.45) is 0. The maximum absolute atomic E-state index is 13.2. The molecule has 0 unspecified atom stereocenters. The Kier molecular flexibility index (Phi) is 6.74. The molecule has 0 aliphatic heterocycles. The number of fused-ring (bicyclic) bond motifs is 1. The van der Waals surface area contributed by atoms with Crippen LogP contribution in [0.25, 0.3) is 10.2 Å². The van der Waals surface area contributed by atoms with Crippen molar-refractivity contribution in [1.82, 2.24) is 9.55 Å². The predicted octanol–water partition coefficient (Wildman–Crippen LogP) is 4.68. The van der Waals surface area contributed by atoms with Crippen molar-refractivity contribution < 1.29 is 19.1 Å². The monoisotopic (exact) mass is 477 g/mol. The topological polar surface area (TPSA) is 99.5 Å². The van der Waals surface area contributed by atoms with Crippen molar-refractivity contribution in [2.75, 3.05) is 11.9 Å². The van der Waals surface area contributed by atoms with Gasteiger partial charge in [-0.3, -0.25) is 14.2 Å². The maximum atomic E-state index is 13.2. The Hall–Kier alpha value is -3.98. The first-order valence-electron chi connectivity index (χ1n) is 10.7. The molecule has 0 saturated heterocycles. The summed E-state index contributed by atoms with van der Waals surface area (Å²) in [7, 11) is 0. The number of anilines is 1. The molecular weight excluding hydrogens is 454 g/mol. The number of aryl methyl sites for hydroxylation is 2. The lowest BCUT2D eigenvalue weighted by atomic mass is 10.2. The molecule has 2 aromatic heterocycles. The number of esters is 1. The number of hydrogen-bond donors (Lipinski definition) is 1. The number of para-hydroxylation sites is 1. The molecule has 0 atom stereocenters. The highest BCUT2D eigenvalue weighted by molar-refractivity contribution is 7.20. The second kappa shape index (κ2) is 9.88. The molecule has 0 spiro atoms. The molecule has 4 aromatic rings. The number of carbonyl (C=O) groups excluding carboxylic acids is 2. The van der Waals surface area contributed by atoms with Gasteiger partial charge in [-0.05, 0) is 62.7 Å². The quantitative estimate of drug-likeness (QED) is 0.388. The van der Waals surface area contributed by atoms with Crippen molar-refractivity contribution in [2.24, 2.45) is 0 Å². The number of nitrogens with zero attached hydrogens (tertiary/aromatic N) is 2. The molecule has 0 saturated carbocycles. The van der Waals surface area contributed by atoms with Crippen molar-refractivity contribution >= 4 is 39.1 Å². The summed E-state index contributed by atoms with van der Waals surface area (Å²) in [5.41, 5.74) is 0.717. The van der Waals surface area contributed by atoms with E-state index in [0.717, 1.165) is 11.3 Å². The van der Waals surface area contributed by atoms with E-state index in [1.165, 1.54) is 4.57 Å². The van der Waals surface area contributed by atoms with E-state index in [0.29, 0.717) is 43.7 Å². The minimum atomic E-state index is -0.482. The molecule has 2 aromatic carbocycles. The number of ether oxygens (including phenoxy) is 2. The first-order chi connectivity index (χ1) is 16.4. The highest BCUT2D eigenvalue weighted by Gasteiger charge is 2.22. The average molecular weight is 478 g/mol. The Morgan fingerprint density at radius 2 is 1.71 bits per heavy atom. The highest BCUT2D eigenvalue weighted by Crippen LogP contribution is 2.28. The standard InChI is InChI=1S/C25H23N3O5S/c1-4-32-25(31)22-15(2)21-23(34-22)26-16(3)28(24(21)30)14-20(29)27-17-10-12-19(13-11-17)33-18-8-6-5-7-9-18/h5-13H,4,14H2,1-3H3,(H,27,29). The Balaban J connectivity index is 1.51. The number of thiophene rings is 1. The second-order valence-electron chi connectivity index (χ2n) is 7.49. The Bertz CT molecular complexity index is 1410. The Morgan fingerprint density at radius 1 is 1.03 bits per heavy atom. The molecule has 9 heteroatoms. The zero-order valence-electron chi connectivity index (χ0n) is 19.0. The van der Waals surface area contributed by atoms with Gasteiger partial charge in [0.2, 0.25) is 5.91 Å². The zero-order valence-corrected chi connectivity index (χ0v) is 19.8. The van der Waals surface area contributed by atoms with Crippen LogP contribution >= 0.6 is 11.3 Å². The number of hydrogen-bond acceptors (Lipinski definition) is 7. The van der Waals surface area contributed by atoms with Gasteiger partial charge >= 0.3 is 5.97 Å². The third-order valence-electron chi connectivity index (χ3n) is 5.12. The van der Waals surface area contributed by atoms with Gasteiger partial charge in [0.25, 0.3) is 5.56 Å². The first kappa shape index (κ1) is 23.2. The summed E-state index contributed by atoms with van der Waals surface area (Å²) in [6, 6.07) is 16.3. The van der Waals surface area contributed by atoms with Crippen LogP contribution in [0.2, 0.25) is 0 Å². The molecule has 1 N–H and O–H groups in total. The van der Waals surface area contributed by atoms with Gasteiger partial charge in [-0.25, -0.2) is 9.78 Å². The van der Waals surface area contributed by atoms with Crippen LogP contribution in [0.3, 0.4) is 0 Å². The summed E-state index contributed by atoms with van der Waals surface area (Å²) < 4.78 is 12.1. The molecule has 0 aliphatic carbocycles. The molecule has 0 radical (unpaired) electrons. The summed E-state index contributed by atoms with van der Waals surface area (Å²) >= 11 is 1.12. The summed E-state index contributed by atoms with van der Waals surface area (Å²) in [5.74, 6) is 0.879. The molecule has 174 valence electrons. The van der Waals surface area contributed by atoms with Crippen molar-refractivity contribution in [3.63, 3.8) is 0 Å². The summed E-state index contributed by atoms with van der Waals surface area (Å²) in [6.45, 7) is 5.09. The van der Waals surface area contributed by atoms with Gasteiger partial charge in [0.1, 0.15) is 33.6 Å². The van der Waals surface area contributed by atoms with Gasteiger partial charge in [-0.1, -0.05) is 18.2 Å². The number of aromatic nitrogens is 2. The SMILES string of the molecule is CCOC(=O)c1sc2nc(C)n(CC(=O)Nc3ccc(Oc4ccccc4)cc3)c(=O)c2c1C. The van der Waals surface area contributed by atoms with Crippen molar-refractivity contribution in [3.05, 3.63) is 81.2 Å². The number of nitrogens with one attached hydrogen (secondary N) is 1. The van der Waals surface area contributed by atoms with Crippen LogP contribution in [0.1, 0.15) is 28.0 Å². The fourth-order valence-corrected chi connectivity index (χ4v) is 4.58. The van der Waals surface area contributed by atoms with E-state index in [4.69, 9.17) is 9.47 Å². The minimum Gasteiger partial charge on any atom is -0.462 e. The molecule has 0 bridgehead atoms. The van der Waals surface area contributed by atoms with Crippen LogP contribution in [0.5, 0.6) is 11.5 Å². The van der Waals surface area contributed by atoms with Crippen LogP contribution in [0.15, 0.2) is 59.4 Å². The first-order valence-corrected chi connectivity index (χ1v) is 11.5. The van der Waals surface area contributed by atoms with Gasteiger partial charge in [0.15, 0.2) is 0 Å². The fourth-order valence-electron chi connectivity index (χ4n) is 3.47. The van der Waals surface area contributed by atoms with E-state index in [9.17, 15) is 14.4 Å². The molecule has 34 heavy (non-hydrogen) atoms. The molecular formula is C25H23N3O5S. The number of amides is 1. The lowest BCUT2D eigenvalue weighted by molar-refractivity contribution is -0.116. The van der Waals surface area contributed by atoms with Crippen LogP contribution in [0.4, 0.5) is 5.69 Å². The van der Waals surface area contributed by atoms with E-state index in [1.807, 2.05) is 30.3 Å². The molecule has 8 nitrogen and oxygen atoms in total. The molecule has 1 amide bonds. The van der Waals surface area contributed by atoms with Crippen LogP contribution in [0, 0.1) is 13.8 Å². The van der Waals surface area contributed by atoms with Crippen molar-refractivity contribution in [1.29, 1.82) is 0 Å². The lowest BCUT2D eigenvalue weighted by Gasteiger charge is -2.11. The minimum absolute atomic E-state index is 0.208. The van der Waals surface area contributed by atoms with Crippen molar-refractivity contribution in [3.8, 4) is 11.5 Å². The van der Waals surface area contributed by atoms with Gasteiger partial charge in [-0.15, -0.1) is 11.3 Å². The molecule has 4 rings (SSSR count). The van der Waals surface area contributed by atoms with E-state index in [1.54, 1.807) is 45.0 Å². The summed E-state index contributed by atoms with van der Waals surface area (Å²) in [4.78, 5) is 43.3. The Labute approximate surface area is 199 Å². The fraction of sp³-hybridized carbons (Fsp3) is 0.200. The third-order valence-corrected chi connectivity index (χ3v) is 6.29. The number of carbonyl (C=O) groups is 2. The van der Waals surface area contributed by atoms with E-state index in [-0.39, 0.29) is 24.6 Å². The molecule has 0 fully saturated rings. The summed E-state index contributed by atoms with van der Waals surface area (Å²) in [5, 5.41) is 3.11. The third kappa shape index (κ3) is 4.84. The van der Waals surface area contributed by atoms with E-state index < -0.39 is 5.97 Å². The second-order valence-corrected chi connectivity index (χ2v) is 8.49. The van der Waals surface area contributed by atoms with Crippen LogP contribution in [-0.2, 0) is 16.1 Å². The molecule has 2 heterocycles. The van der Waals surface area contributed by atoms with Gasteiger partial charge in [0, 0.05) is 5.69 Å². The smallest absolute Gasteiger partial charge is 0.348 e.